The molecule has 0 aromatic rings. The summed E-state index contributed by atoms with van der Waals surface area (Å²) in [6.07, 6.45) is -23.7. The van der Waals surface area contributed by atoms with Gasteiger partial charge in [-0.15, -0.1) is 0 Å². The fourth-order valence-electron chi connectivity index (χ4n) is 6.53. The van der Waals surface area contributed by atoms with Gasteiger partial charge in [0.25, 0.3) is 0 Å². The smallest absolute Gasteiger partial charge is 0.217 e. The Bertz CT molecular complexity index is 1190. The quantitative estimate of drug-likeness (QED) is 0.106. The van der Waals surface area contributed by atoms with Gasteiger partial charge in [0.2, 0.25) is 17.7 Å². The summed E-state index contributed by atoms with van der Waals surface area (Å²) in [5, 5.41) is 82.8. The number of hydrogen-bond donors (Lipinski definition) is 10. The molecule has 0 aliphatic carbocycles. The van der Waals surface area contributed by atoms with Crippen LogP contribution in [-0.2, 0) is 47.5 Å². The first kappa shape index (κ1) is 40.6. The van der Waals surface area contributed by atoms with E-state index in [9.17, 15) is 50.1 Å². The highest BCUT2D eigenvalue weighted by Gasteiger charge is 2.55. The normalized spacial score (nSPS) is 48.4. The van der Waals surface area contributed by atoms with Crippen molar-refractivity contribution in [3.8, 4) is 0 Å². The number of nitrogens with one attached hydrogen (secondary N) is 3. The third kappa shape index (κ3) is 8.89. The number of rotatable bonds is 9. The number of carbonyl (C=O) groups is 3. The predicted molar refractivity (Wildman–Crippen MR) is 163 cm³/mol. The summed E-state index contributed by atoms with van der Waals surface area (Å²) in [6, 6.07) is -4.01. The Balaban J connectivity index is 1.66. The molecule has 20 heteroatoms. The number of aliphatic hydroxyl groups is 7. The van der Waals surface area contributed by atoms with Crippen molar-refractivity contribution in [1.29, 1.82) is 0 Å². The third-order valence-corrected chi connectivity index (χ3v) is 9.25. The van der Waals surface area contributed by atoms with Crippen LogP contribution in [0.3, 0.4) is 0 Å². The van der Waals surface area contributed by atoms with E-state index in [4.69, 9.17) is 33.2 Å². The molecule has 0 saturated carbocycles. The van der Waals surface area contributed by atoms with Crippen LogP contribution in [-0.4, -0.2) is 176 Å². The third-order valence-electron chi connectivity index (χ3n) is 9.25. The maximum Gasteiger partial charge on any atom is 0.217 e. The summed E-state index contributed by atoms with van der Waals surface area (Å²) in [5.74, 6) is -1.81. The SMILES string of the molecule is CC(=O)N[C@@H]1[C@H](O[C@@H]2[C@H](O)[C@H](C)O[C@@H](O[C@H]3[C@H](O)[C@@H](C)O[C@H](O)[C@@H]3NC(C)=O)[C@H]2NC(C)=O)O[C@@H](C)[C@@H](O)[C@H]1O[C@@H]1O[C@@H](C)[C@H](O)[C@@H](O)[C@H]1O. The Morgan fingerprint density at radius 3 is 1.18 bits per heavy atom. The highest BCUT2D eigenvalue weighted by atomic mass is 16.7. The fraction of sp³-hybridized carbons (Fsp3) is 0.900. The summed E-state index contributed by atoms with van der Waals surface area (Å²) >= 11 is 0. The molecule has 4 rings (SSSR count). The highest BCUT2D eigenvalue weighted by Crippen LogP contribution is 2.34. The molecule has 0 radical (unpaired) electrons. The van der Waals surface area contributed by atoms with E-state index < -0.39 is 140 Å². The molecule has 0 bridgehead atoms. The Labute approximate surface area is 288 Å². The average molecular weight is 726 g/mol. The Morgan fingerprint density at radius 2 is 0.760 bits per heavy atom. The maximum absolute atomic E-state index is 12.5. The molecule has 20 atom stereocenters. The number of aliphatic hydroxyl groups excluding tert-OH is 7. The van der Waals surface area contributed by atoms with Gasteiger partial charge in [-0.25, -0.2) is 0 Å². The zero-order chi connectivity index (χ0) is 37.4. The molecule has 288 valence electrons. The van der Waals surface area contributed by atoms with E-state index >= 15 is 0 Å². The van der Waals surface area contributed by atoms with Crippen molar-refractivity contribution < 1.29 is 83.3 Å². The number of carbonyl (C=O) groups excluding carboxylic acids is 3. The van der Waals surface area contributed by atoms with E-state index in [0.29, 0.717) is 0 Å². The maximum atomic E-state index is 12.5. The minimum absolute atomic E-state index is 0.571. The molecule has 0 aromatic carbocycles. The zero-order valence-electron chi connectivity index (χ0n) is 28.8. The van der Waals surface area contributed by atoms with E-state index in [2.05, 4.69) is 16.0 Å². The molecule has 10 N–H and O–H groups in total. The van der Waals surface area contributed by atoms with E-state index in [1.54, 1.807) is 0 Å². The molecule has 4 heterocycles. The van der Waals surface area contributed by atoms with Gasteiger partial charge in [0.15, 0.2) is 25.2 Å². The van der Waals surface area contributed by atoms with Crippen LogP contribution in [0.15, 0.2) is 0 Å². The Hall–Kier alpha value is -2.15. The van der Waals surface area contributed by atoms with Crippen LogP contribution in [0.4, 0.5) is 0 Å². The fourth-order valence-corrected chi connectivity index (χ4v) is 6.53. The Morgan fingerprint density at radius 1 is 0.440 bits per heavy atom. The molecule has 3 amide bonds. The first-order valence-corrected chi connectivity index (χ1v) is 16.5. The van der Waals surface area contributed by atoms with Crippen molar-refractivity contribution in [1.82, 2.24) is 16.0 Å². The summed E-state index contributed by atoms with van der Waals surface area (Å²) in [6.45, 7) is 9.37. The molecular weight excluding hydrogens is 674 g/mol. The van der Waals surface area contributed by atoms with Gasteiger partial charge >= 0.3 is 0 Å². The topological polar surface area (TPSA) is 294 Å². The summed E-state index contributed by atoms with van der Waals surface area (Å²) in [5.41, 5.74) is 0. The molecule has 0 unspecified atom stereocenters. The van der Waals surface area contributed by atoms with Gasteiger partial charge in [-0.1, -0.05) is 0 Å². The minimum atomic E-state index is -1.76. The molecule has 4 aliphatic rings. The van der Waals surface area contributed by atoms with Crippen LogP contribution in [0.5, 0.6) is 0 Å². The lowest BCUT2D eigenvalue weighted by atomic mass is 9.93. The molecule has 50 heavy (non-hydrogen) atoms. The van der Waals surface area contributed by atoms with Gasteiger partial charge in [-0.2, -0.15) is 0 Å². The van der Waals surface area contributed by atoms with Crippen molar-refractivity contribution in [2.45, 2.75) is 171 Å². The largest absolute Gasteiger partial charge is 0.388 e. The van der Waals surface area contributed by atoms with E-state index in [1.165, 1.54) is 48.5 Å². The van der Waals surface area contributed by atoms with Crippen molar-refractivity contribution >= 4 is 17.7 Å². The van der Waals surface area contributed by atoms with Crippen LogP contribution in [0.1, 0.15) is 48.5 Å². The van der Waals surface area contributed by atoms with Crippen LogP contribution >= 0.6 is 0 Å². The standard InChI is InChI=1S/C30H51N3O17/c1-8-18(37)22(41)23(42)30(47-8)50-26-17(33-14(7)36)29(46-11(4)21(26)40)49-25-16(32-13(6)35)28(45-10(3)20(25)39)48-24-15(31-12(5)34)27(43)44-9(2)19(24)38/h8-11,15-30,37-43H,1-7H3,(H,31,34)(H,32,35)(H,33,36)/t8-,9+,10-,11-,15+,16-,17-,18-,19+,20+,21+,22+,23+,24+,25-,26-,27-,28-,29-,30-/m0/s1. The molecular formula is C30H51N3O17. The van der Waals surface area contributed by atoms with E-state index in [1.807, 2.05) is 0 Å². The molecule has 0 spiro atoms. The zero-order valence-corrected chi connectivity index (χ0v) is 28.8. The van der Waals surface area contributed by atoms with Crippen molar-refractivity contribution in [2.75, 3.05) is 0 Å². The lowest BCUT2D eigenvalue weighted by molar-refractivity contribution is -0.357. The van der Waals surface area contributed by atoms with Gasteiger partial charge in [0.1, 0.15) is 73.1 Å². The lowest BCUT2D eigenvalue weighted by Crippen LogP contribution is -2.71. The van der Waals surface area contributed by atoms with Crippen molar-refractivity contribution in [3.05, 3.63) is 0 Å². The minimum Gasteiger partial charge on any atom is -0.388 e. The van der Waals surface area contributed by atoms with Crippen LogP contribution in [0, 0.1) is 0 Å². The van der Waals surface area contributed by atoms with Gasteiger partial charge in [0, 0.05) is 20.8 Å². The van der Waals surface area contributed by atoms with E-state index in [-0.39, 0.29) is 0 Å². The van der Waals surface area contributed by atoms with Gasteiger partial charge in [-0.3, -0.25) is 14.4 Å². The summed E-state index contributed by atoms with van der Waals surface area (Å²) < 4.78 is 41.1. The first-order valence-electron chi connectivity index (χ1n) is 16.5. The van der Waals surface area contributed by atoms with Crippen LogP contribution in [0.25, 0.3) is 0 Å². The van der Waals surface area contributed by atoms with Gasteiger partial charge in [-0.05, 0) is 27.7 Å². The van der Waals surface area contributed by atoms with Gasteiger partial charge < -0.3 is 84.9 Å². The lowest BCUT2D eigenvalue weighted by Gasteiger charge is -2.50. The molecule has 4 aliphatic heterocycles. The predicted octanol–water partition coefficient (Wildman–Crippen LogP) is -5.21. The number of hydrogen-bond acceptors (Lipinski definition) is 17. The monoisotopic (exact) mass is 725 g/mol. The summed E-state index contributed by atoms with van der Waals surface area (Å²) in [4.78, 5) is 36.9. The van der Waals surface area contributed by atoms with Crippen LogP contribution < -0.4 is 16.0 Å². The van der Waals surface area contributed by atoms with E-state index in [0.717, 1.165) is 0 Å². The van der Waals surface area contributed by atoms with Crippen molar-refractivity contribution in [2.24, 2.45) is 0 Å². The second-order valence-corrected chi connectivity index (χ2v) is 13.3. The summed E-state index contributed by atoms with van der Waals surface area (Å²) in [7, 11) is 0. The molecule has 4 saturated heterocycles. The van der Waals surface area contributed by atoms with Gasteiger partial charge in [0.05, 0.1) is 24.4 Å². The highest BCUT2D eigenvalue weighted by molar-refractivity contribution is 5.74. The average Bonchev–Trinajstić information content (AvgIpc) is 3.02. The number of amides is 3. The van der Waals surface area contributed by atoms with Crippen molar-refractivity contribution in [3.63, 3.8) is 0 Å². The molecule has 20 nitrogen and oxygen atoms in total. The number of ether oxygens (including phenoxy) is 7. The van der Waals surface area contributed by atoms with Crippen LogP contribution in [0.2, 0.25) is 0 Å². The second kappa shape index (κ2) is 16.7. The Kier molecular flexibility index (Phi) is 13.5. The molecule has 4 fully saturated rings. The first-order chi connectivity index (χ1) is 23.3. The second-order valence-electron chi connectivity index (χ2n) is 13.3. The molecule has 0 aromatic heterocycles.